The maximum Gasteiger partial charge on any atom is 0.270 e. The smallest absolute Gasteiger partial charge is 0.270 e. The first-order valence-corrected chi connectivity index (χ1v) is 12.3. The highest BCUT2D eigenvalue weighted by molar-refractivity contribution is 5.98. The molecule has 1 aliphatic rings. The van der Waals surface area contributed by atoms with Crippen LogP contribution in [0.25, 0.3) is 10.9 Å². The molecule has 2 amide bonds. The maximum atomic E-state index is 13.1. The summed E-state index contributed by atoms with van der Waals surface area (Å²) in [5.41, 5.74) is 2.51. The number of carbonyl (C=O) groups excluding carboxylic acids is 2. The predicted octanol–water partition coefficient (Wildman–Crippen LogP) is 4.77. The van der Waals surface area contributed by atoms with Gasteiger partial charge in [-0.15, -0.1) is 0 Å². The molecule has 1 atom stereocenters. The molecule has 1 aromatic heterocycles. The van der Waals surface area contributed by atoms with Gasteiger partial charge in [-0.3, -0.25) is 9.59 Å². The van der Waals surface area contributed by atoms with Crippen LogP contribution in [0.1, 0.15) is 49.7 Å². The molecular weight excluding hydrogens is 442 g/mol. The lowest BCUT2D eigenvalue weighted by molar-refractivity contribution is -0.126. The minimum absolute atomic E-state index is 0.000569. The molecule has 7 nitrogen and oxygen atoms in total. The Balaban J connectivity index is 1.26. The number of amides is 2. The van der Waals surface area contributed by atoms with E-state index in [2.05, 4.69) is 10.3 Å². The molecule has 0 spiro atoms. The Labute approximate surface area is 206 Å². The molecule has 35 heavy (non-hydrogen) atoms. The summed E-state index contributed by atoms with van der Waals surface area (Å²) in [5.74, 6) is 1.80. The van der Waals surface area contributed by atoms with E-state index in [1.165, 1.54) is 0 Å². The average Bonchev–Trinajstić information content (AvgIpc) is 3.30. The molecule has 0 radical (unpaired) electrons. The Morgan fingerprint density at radius 1 is 1.03 bits per heavy atom. The van der Waals surface area contributed by atoms with E-state index in [0.717, 1.165) is 40.8 Å². The summed E-state index contributed by atoms with van der Waals surface area (Å²) in [4.78, 5) is 30.9. The van der Waals surface area contributed by atoms with Crippen LogP contribution in [-0.4, -0.2) is 48.0 Å². The van der Waals surface area contributed by atoms with Gasteiger partial charge in [-0.2, -0.15) is 0 Å². The summed E-state index contributed by atoms with van der Waals surface area (Å²) in [6.45, 7) is 7.77. The third kappa shape index (κ3) is 5.96. The Morgan fingerprint density at radius 2 is 1.71 bits per heavy atom. The molecule has 186 valence electrons. The van der Waals surface area contributed by atoms with Gasteiger partial charge >= 0.3 is 0 Å². The summed E-state index contributed by atoms with van der Waals surface area (Å²) < 4.78 is 10.9. The summed E-state index contributed by atoms with van der Waals surface area (Å²) >= 11 is 0. The fourth-order valence-corrected chi connectivity index (χ4v) is 4.64. The van der Waals surface area contributed by atoms with Crippen molar-refractivity contribution in [3.8, 4) is 11.5 Å². The van der Waals surface area contributed by atoms with Crippen LogP contribution in [0.15, 0.2) is 48.5 Å². The summed E-state index contributed by atoms with van der Waals surface area (Å²) in [6.07, 6.45) is 1.76. The number of aromatic nitrogens is 1. The number of benzene rings is 2. The van der Waals surface area contributed by atoms with Gasteiger partial charge in [0, 0.05) is 42.5 Å². The van der Waals surface area contributed by atoms with Crippen molar-refractivity contribution in [1.29, 1.82) is 0 Å². The number of hydrogen-bond acceptors (Lipinski definition) is 4. The lowest BCUT2D eigenvalue weighted by Gasteiger charge is -2.34. The number of methoxy groups -OCH3 is 1. The van der Waals surface area contributed by atoms with Gasteiger partial charge in [-0.05, 0) is 68.5 Å². The zero-order valence-electron chi connectivity index (χ0n) is 21.0. The molecule has 1 saturated heterocycles. The molecule has 1 aliphatic heterocycles. The van der Waals surface area contributed by atoms with Gasteiger partial charge in [0.05, 0.1) is 13.2 Å². The summed E-state index contributed by atoms with van der Waals surface area (Å²) in [6, 6.07) is 15.4. The maximum absolute atomic E-state index is 13.1. The van der Waals surface area contributed by atoms with Crippen LogP contribution in [0.3, 0.4) is 0 Å². The molecule has 1 fully saturated rings. The number of nitrogens with one attached hydrogen (secondary N) is 2. The summed E-state index contributed by atoms with van der Waals surface area (Å²) in [7, 11) is 1.63. The van der Waals surface area contributed by atoms with E-state index in [-0.39, 0.29) is 29.8 Å². The molecule has 0 aliphatic carbocycles. The molecule has 2 aromatic carbocycles. The molecule has 2 N–H and O–H groups in total. The quantitative estimate of drug-likeness (QED) is 0.490. The Morgan fingerprint density at radius 3 is 2.37 bits per heavy atom. The first-order valence-electron chi connectivity index (χ1n) is 12.3. The third-order valence-electron chi connectivity index (χ3n) is 6.77. The fourth-order valence-electron chi connectivity index (χ4n) is 4.64. The van der Waals surface area contributed by atoms with Crippen LogP contribution in [0.5, 0.6) is 11.5 Å². The number of aromatic amines is 1. The topological polar surface area (TPSA) is 83.7 Å². The number of H-pyrrole nitrogens is 1. The molecule has 7 heteroatoms. The van der Waals surface area contributed by atoms with Gasteiger partial charge in [-0.25, -0.2) is 0 Å². The highest BCUT2D eigenvalue weighted by Crippen LogP contribution is 2.27. The second-order valence-electron chi connectivity index (χ2n) is 9.58. The van der Waals surface area contributed by atoms with Crippen LogP contribution in [-0.2, 0) is 11.3 Å². The molecule has 3 aromatic rings. The van der Waals surface area contributed by atoms with Crippen LogP contribution in [0.2, 0.25) is 0 Å². The first kappa shape index (κ1) is 24.6. The fraction of sp³-hybridized carbons (Fsp3) is 0.429. The van der Waals surface area contributed by atoms with E-state index in [1.54, 1.807) is 7.11 Å². The zero-order valence-corrected chi connectivity index (χ0v) is 21.0. The average molecular weight is 478 g/mol. The number of likely N-dealkylation sites (tertiary alicyclic amines) is 1. The standard InChI is InChI=1S/C28H35N3O4/c1-18(2)35-23-8-5-20(6-9-23)17-29-27(32)19(3)21-11-13-31(14-12-21)28(33)26-15-22-7-10-24(34-4)16-25(22)30-26/h5-10,15-16,18-19,21,30H,11-14,17H2,1-4H3,(H,29,32)/t19-/m0/s1. The number of nitrogens with zero attached hydrogens (tertiary/aromatic N) is 1. The van der Waals surface area contributed by atoms with Gasteiger partial charge in [0.1, 0.15) is 17.2 Å². The monoisotopic (exact) mass is 477 g/mol. The normalized spacial score (nSPS) is 15.3. The number of hydrogen-bond donors (Lipinski definition) is 2. The largest absolute Gasteiger partial charge is 0.497 e. The summed E-state index contributed by atoms with van der Waals surface area (Å²) in [5, 5.41) is 4.05. The minimum atomic E-state index is -0.101. The van der Waals surface area contributed by atoms with Crippen LogP contribution in [0.4, 0.5) is 0 Å². The Bertz CT molecular complexity index is 1160. The van der Waals surface area contributed by atoms with Crippen molar-refractivity contribution in [2.75, 3.05) is 20.2 Å². The van der Waals surface area contributed by atoms with Crippen molar-refractivity contribution >= 4 is 22.7 Å². The van der Waals surface area contributed by atoms with Crippen molar-refractivity contribution in [2.24, 2.45) is 11.8 Å². The highest BCUT2D eigenvalue weighted by atomic mass is 16.5. The molecule has 4 rings (SSSR count). The van der Waals surface area contributed by atoms with E-state index in [0.29, 0.717) is 25.3 Å². The SMILES string of the molecule is COc1ccc2cc(C(=O)N3CCC([C@H](C)C(=O)NCc4ccc(OC(C)C)cc4)CC3)[nH]c2c1. The molecular formula is C28H35N3O4. The number of piperidine rings is 1. The van der Waals surface area contributed by atoms with Crippen molar-refractivity contribution < 1.29 is 19.1 Å². The zero-order chi connectivity index (χ0) is 24.9. The van der Waals surface area contributed by atoms with Crippen LogP contribution in [0, 0.1) is 11.8 Å². The van der Waals surface area contributed by atoms with Crippen molar-refractivity contribution in [2.45, 2.75) is 46.3 Å². The van der Waals surface area contributed by atoms with E-state index < -0.39 is 0 Å². The number of rotatable bonds is 8. The molecule has 0 saturated carbocycles. The molecule has 0 bridgehead atoms. The second-order valence-corrected chi connectivity index (χ2v) is 9.58. The third-order valence-corrected chi connectivity index (χ3v) is 6.77. The van der Waals surface area contributed by atoms with E-state index in [4.69, 9.17) is 9.47 Å². The van der Waals surface area contributed by atoms with Gasteiger partial charge in [0.15, 0.2) is 0 Å². The van der Waals surface area contributed by atoms with Gasteiger partial charge < -0.3 is 24.7 Å². The van der Waals surface area contributed by atoms with Crippen LogP contribution < -0.4 is 14.8 Å². The predicted molar refractivity (Wildman–Crippen MR) is 137 cm³/mol. The lowest BCUT2D eigenvalue weighted by atomic mass is 9.84. The first-order chi connectivity index (χ1) is 16.8. The Kier molecular flexibility index (Phi) is 7.63. The van der Waals surface area contributed by atoms with Gasteiger partial charge in [0.25, 0.3) is 5.91 Å². The van der Waals surface area contributed by atoms with Crippen molar-refractivity contribution in [3.63, 3.8) is 0 Å². The van der Waals surface area contributed by atoms with Crippen LogP contribution >= 0.6 is 0 Å². The van der Waals surface area contributed by atoms with Crippen molar-refractivity contribution in [3.05, 3.63) is 59.8 Å². The number of carbonyl (C=O) groups is 2. The second kappa shape index (κ2) is 10.8. The van der Waals surface area contributed by atoms with Gasteiger partial charge in [0.2, 0.25) is 5.91 Å². The van der Waals surface area contributed by atoms with Crippen molar-refractivity contribution in [1.82, 2.24) is 15.2 Å². The lowest BCUT2D eigenvalue weighted by Crippen LogP contribution is -2.42. The van der Waals surface area contributed by atoms with Gasteiger partial charge in [-0.1, -0.05) is 19.1 Å². The Hall–Kier alpha value is -3.48. The minimum Gasteiger partial charge on any atom is -0.497 e. The molecule has 0 unspecified atom stereocenters. The van der Waals surface area contributed by atoms with E-state index >= 15 is 0 Å². The highest BCUT2D eigenvalue weighted by Gasteiger charge is 2.30. The molecule has 2 heterocycles. The number of ether oxygens (including phenoxy) is 2. The van der Waals surface area contributed by atoms with E-state index in [9.17, 15) is 9.59 Å². The van der Waals surface area contributed by atoms with E-state index in [1.807, 2.05) is 74.2 Å². The number of fused-ring (bicyclic) bond motifs is 1.